The summed E-state index contributed by atoms with van der Waals surface area (Å²) in [7, 11) is 0. The van der Waals surface area contributed by atoms with Crippen LogP contribution in [0.25, 0.3) is 5.41 Å². The molecule has 0 fully saturated rings. The Morgan fingerprint density at radius 2 is 1.83 bits per heavy atom. The summed E-state index contributed by atoms with van der Waals surface area (Å²) in [5, 5.41) is 25.4. The van der Waals surface area contributed by atoms with Gasteiger partial charge in [-0.2, -0.15) is 5.11 Å². The van der Waals surface area contributed by atoms with Gasteiger partial charge in [-0.05, 0) is 31.2 Å². The molecule has 0 saturated carbocycles. The predicted octanol–water partition coefficient (Wildman–Crippen LogP) is 4.35. The molecule has 0 radical (unpaired) electrons. The van der Waals surface area contributed by atoms with Gasteiger partial charge < -0.3 is 0 Å². The summed E-state index contributed by atoms with van der Waals surface area (Å²) < 4.78 is 1.32. The number of nitrogens with zero attached hydrogens (tertiary/aromatic N) is 5. The van der Waals surface area contributed by atoms with Crippen LogP contribution in [0.5, 0.6) is 0 Å². The largest absolute Gasteiger partial charge is 0.269 e. The molecule has 7 heteroatoms. The summed E-state index contributed by atoms with van der Waals surface area (Å²) in [5.74, 6) is -0.0685. The number of non-ortho nitro benzene ring substituents is 1. The molecule has 0 unspecified atom stereocenters. The van der Waals surface area contributed by atoms with E-state index >= 15 is 0 Å². The van der Waals surface area contributed by atoms with Gasteiger partial charge in [0, 0.05) is 18.3 Å². The van der Waals surface area contributed by atoms with E-state index in [1.165, 1.54) is 29.0 Å². The topological polar surface area (TPSA) is 93.2 Å². The first-order valence-electron chi connectivity index (χ1n) is 7.19. The molecule has 3 rings (SSSR count). The van der Waals surface area contributed by atoms with E-state index in [-0.39, 0.29) is 11.5 Å². The van der Waals surface area contributed by atoms with Crippen LogP contribution in [0.2, 0.25) is 0 Å². The minimum absolute atomic E-state index is 0.0204. The molecule has 24 heavy (non-hydrogen) atoms. The van der Waals surface area contributed by atoms with E-state index in [2.05, 4.69) is 10.1 Å². The van der Waals surface area contributed by atoms with Crippen molar-refractivity contribution in [3.05, 3.63) is 81.4 Å². The van der Waals surface area contributed by atoms with Crippen LogP contribution in [0.1, 0.15) is 6.92 Å². The third-order valence-corrected chi connectivity index (χ3v) is 3.49. The average Bonchev–Trinajstić information content (AvgIpc) is 2.88. The van der Waals surface area contributed by atoms with Gasteiger partial charge in [0.25, 0.3) is 5.69 Å². The van der Waals surface area contributed by atoms with Gasteiger partial charge in [-0.1, -0.05) is 18.2 Å². The van der Waals surface area contributed by atoms with Gasteiger partial charge >= 0.3 is 0 Å². The van der Waals surface area contributed by atoms with Crippen LogP contribution in [0.3, 0.4) is 0 Å². The Bertz CT molecular complexity index is 896. The number of benzene rings is 2. The van der Waals surface area contributed by atoms with Crippen LogP contribution in [-0.2, 0) is 0 Å². The van der Waals surface area contributed by atoms with Crippen molar-refractivity contribution < 1.29 is 9.62 Å². The van der Waals surface area contributed by atoms with E-state index in [0.29, 0.717) is 17.0 Å². The van der Waals surface area contributed by atoms with Crippen molar-refractivity contribution in [1.82, 2.24) is 0 Å². The Morgan fingerprint density at radius 3 is 2.46 bits per heavy atom. The van der Waals surface area contributed by atoms with Gasteiger partial charge in [0.1, 0.15) is 0 Å². The normalized spacial score (nSPS) is 14.4. The molecule has 0 aromatic heterocycles. The van der Waals surface area contributed by atoms with Crippen LogP contribution in [0.4, 0.5) is 17.1 Å². The van der Waals surface area contributed by atoms with Crippen LogP contribution in [-0.4, -0.2) is 21.7 Å². The highest BCUT2D eigenvalue weighted by Crippen LogP contribution is 2.26. The molecule has 1 heterocycles. The Morgan fingerprint density at radius 1 is 1.17 bits per heavy atom. The zero-order valence-electron chi connectivity index (χ0n) is 12.8. The van der Waals surface area contributed by atoms with Gasteiger partial charge in [-0.3, -0.25) is 15.1 Å². The van der Waals surface area contributed by atoms with E-state index in [1.807, 2.05) is 30.3 Å². The number of aliphatic imine (C=N–C) groups is 1. The standard InChI is InChI=1S/C17H13N5O2/c1-12-16(11-19-13-5-3-2-4-6-13)17(18)21(20-12)14-7-9-15(10-8-14)22(23)24/h2-11H,1H3. The molecular weight excluding hydrogens is 306 g/mol. The average molecular weight is 319 g/mol. The molecule has 0 aliphatic carbocycles. The minimum atomic E-state index is -0.476. The highest BCUT2D eigenvalue weighted by molar-refractivity contribution is 6.14. The first-order chi connectivity index (χ1) is 11.6. The number of rotatable bonds is 4. The van der Waals surface area contributed by atoms with Crippen LogP contribution >= 0.6 is 0 Å². The van der Waals surface area contributed by atoms with E-state index in [1.54, 1.807) is 13.1 Å². The van der Waals surface area contributed by atoms with Crippen molar-refractivity contribution in [2.45, 2.75) is 6.92 Å². The smallest absolute Gasteiger partial charge is 0.258 e. The van der Waals surface area contributed by atoms with Crippen LogP contribution in [0.15, 0.2) is 76.0 Å². The van der Waals surface area contributed by atoms with Gasteiger partial charge in [0.2, 0.25) is 0 Å². The summed E-state index contributed by atoms with van der Waals surface area (Å²) in [6.07, 6.45) is 1.55. The second kappa shape index (κ2) is 6.33. The van der Waals surface area contributed by atoms with Crippen LogP contribution < -0.4 is 0 Å². The summed E-state index contributed by atoms with van der Waals surface area (Å²) >= 11 is 0. The molecule has 0 saturated heterocycles. The van der Waals surface area contributed by atoms with Gasteiger partial charge in [-0.25, -0.2) is 4.70 Å². The maximum Gasteiger partial charge on any atom is 0.269 e. The number of amidine groups is 1. The highest BCUT2D eigenvalue weighted by atomic mass is 16.6. The fourth-order valence-corrected chi connectivity index (χ4v) is 2.23. The summed E-state index contributed by atoms with van der Waals surface area (Å²) in [6, 6.07) is 15.1. The van der Waals surface area contributed by atoms with E-state index in [0.717, 1.165) is 5.69 Å². The van der Waals surface area contributed by atoms with Gasteiger partial charge in [-0.15, -0.1) is 5.41 Å². The summed E-state index contributed by atoms with van der Waals surface area (Å²) in [5.41, 5.74) is 2.37. The first kappa shape index (κ1) is 15.4. The lowest BCUT2D eigenvalue weighted by Crippen LogP contribution is -2.11. The third-order valence-electron chi connectivity index (χ3n) is 3.49. The number of nitro groups is 1. The fourth-order valence-electron chi connectivity index (χ4n) is 2.23. The van der Waals surface area contributed by atoms with Crippen molar-refractivity contribution in [2.75, 3.05) is 0 Å². The number of hydrogen-bond acceptors (Lipinski definition) is 4. The SMILES string of the molecule is CC1=C(C=Nc2ccccc2)C(=[N-])[N+](c2ccc([N+](=O)[O-])cc2)=N1. The Labute approximate surface area is 138 Å². The molecule has 118 valence electrons. The lowest BCUT2D eigenvalue weighted by molar-refractivity contribution is -0.387. The van der Waals surface area contributed by atoms with Crippen molar-refractivity contribution in [3.63, 3.8) is 0 Å². The molecule has 0 atom stereocenters. The lowest BCUT2D eigenvalue weighted by Gasteiger charge is -2.06. The van der Waals surface area contributed by atoms with Crippen molar-refractivity contribution in [1.29, 1.82) is 0 Å². The third kappa shape index (κ3) is 3.00. The second-order valence-corrected chi connectivity index (χ2v) is 5.10. The molecular formula is C17H13N5O2. The maximum atomic E-state index is 10.7. The van der Waals surface area contributed by atoms with Crippen molar-refractivity contribution in [3.8, 4) is 0 Å². The highest BCUT2D eigenvalue weighted by Gasteiger charge is 2.21. The zero-order chi connectivity index (χ0) is 17.1. The van der Waals surface area contributed by atoms with E-state index in [9.17, 15) is 15.5 Å². The molecule has 0 spiro atoms. The lowest BCUT2D eigenvalue weighted by atomic mass is 10.2. The molecule has 1 aliphatic rings. The Balaban J connectivity index is 1.83. The molecule has 7 nitrogen and oxygen atoms in total. The number of hydrogen-bond donors (Lipinski definition) is 0. The quantitative estimate of drug-likeness (QED) is 0.362. The Kier molecular flexibility index (Phi) is 4.07. The molecule has 1 aliphatic heterocycles. The van der Waals surface area contributed by atoms with Gasteiger partial charge in [0.15, 0.2) is 5.84 Å². The zero-order valence-corrected chi connectivity index (χ0v) is 12.8. The van der Waals surface area contributed by atoms with Crippen molar-refractivity contribution in [2.24, 2.45) is 10.1 Å². The monoisotopic (exact) mass is 319 g/mol. The maximum absolute atomic E-state index is 10.7. The number of nitro benzene ring substituents is 1. The minimum Gasteiger partial charge on any atom is -0.258 e. The first-order valence-corrected chi connectivity index (χ1v) is 7.19. The fraction of sp³-hybridized carbons (Fsp3) is 0.0588. The molecule has 2 aromatic rings. The van der Waals surface area contributed by atoms with Gasteiger partial charge in [0.05, 0.1) is 27.6 Å². The van der Waals surface area contributed by atoms with Crippen LogP contribution in [0, 0.1) is 10.1 Å². The predicted molar refractivity (Wildman–Crippen MR) is 91.1 cm³/mol. The number of azo groups is 2. The molecule has 0 bridgehead atoms. The van der Waals surface area contributed by atoms with E-state index in [4.69, 9.17) is 0 Å². The number of para-hydroxylation sites is 1. The molecule has 2 aromatic carbocycles. The Hall–Kier alpha value is -3.48. The van der Waals surface area contributed by atoms with E-state index < -0.39 is 4.92 Å². The second-order valence-electron chi connectivity index (χ2n) is 5.10. The van der Waals surface area contributed by atoms with Crippen molar-refractivity contribution >= 4 is 29.1 Å². The summed E-state index contributed by atoms with van der Waals surface area (Å²) in [6.45, 7) is 1.76. The molecule has 0 N–H and O–H groups in total. The molecule has 0 amide bonds. The summed E-state index contributed by atoms with van der Waals surface area (Å²) in [4.78, 5) is 14.5. The number of allylic oxidation sites excluding steroid dienone is 1.